The maximum absolute atomic E-state index is 11.0. The van der Waals surface area contributed by atoms with Crippen molar-refractivity contribution in [3.8, 4) is 0 Å². The Morgan fingerprint density at radius 3 is 2.88 bits per heavy atom. The molecule has 1 aromatic rings. The number of benzene rings is 1. The molecule has 1 aliphatic carbocycles. The van der Waals surface area contributed by atoms with Crippen LogP contribution in [0, 0.1) is 0 Å². The Bertz CT molecular complexity index is 489. The van der Waals surface area contributed by atoms with E-state index >= 15 is 0 Å². The van der Waals surface area contributed by atoms with Gasteiger partial charge in [-0.05, 0) is 29.5 Å². The van der Waals surface area contributed by atoms with E-state index in [9.17, 15) is 5.11 Å². The molecule has 88 valence electrons. The predicted molar refractivity (Wildman–Crippen MR) is 68.5 cm³/mol. The summed E-state index contributed by atoms with van der Waals surface area (Å²) in [6, 6.07) is 8.15. The number of fused-ring (bicyclic) bond motifs is 1. The van der Waals surface area contributed by atoms with Gasteiger partial charge in [0.15, 0.2) is 0 Å². The fourth-order valence-corrected chi connectivity index (χ4v) is 2.73. The zero-order chi connectivity index (χ0) is 11.7. The lowest BCUT2D eigenvalue weighted by Gasteiger charge is -2.36. The molecule has 17 heavy (non-hydrogen) atoms. The molecule has 2 N–H and O–H groups in total. The van der Waals surface area contributed by atoms with Crippen molar-refractivity contribution in [1.82, 2.24) is 5.32 Å². The van der Waals surface area contributed by atoms with Crippen LogP contribution in [0.25, 0.3) is 0 Å². The lowest BCUT2D eigenvalue weighted by atomic mass is 9.79. The normalized spacial score (nSPS) is 27.5. The van der Waals surface area contributed by atoms with Gasteiger partial charge < -0.3 is 10.4 Å². The van der Waals surface area contributed by atoms with E-state index in [1.54, 1.807) is 0 Å². The Labute approximate surface area is 102 Å². The minimum Gasteiger partial charge on any atom is -0.379 e. The van der Waals surface area contributed by atoms with E-state index in [0.29, 0.717) is 6.54 Å². The van der Waals surface area contributed by atoms with Gasteiger partial charge in [-0.2, -0.15) is 0 Å². The van der Waals surface area contributed by atoms with Crippen LogP contribution in [0.4, 0.5) is 0 Å². The third kappa shape index (κ3) is 1.74. The average molecular weight is 227 g/mol. The minimum absolute atomic E-state index is 0.597. The largest absolute Gasteiger partial charge is 0.379 e. The zero-order valence-electron chi connectivity index (χ0n) is 9.82. The van der Waals surface area contributed by atoms with Crippen molar-refractivity contribution in [2.24, 2.45) is 0 Å². The molecule has 2 nitrogen and oxygen atoms in total. The Hall–Kier alpha value is -1.38. The van der Waals surface area contributed by atoms with Crippen LogP contribution in [-0.2, 0) is 12.1 Å². The topological polar surface area (TPSA) is 32.3 Å². The molecule has 1 aromatic carbocycles. The monoisotopic (exact) mass is 227 g/mol. The first-order chi connectivity index (χ1) is 8.31. The van der Waals surface area contributed by atoms with E-state index in [1.807, 2.05) is 18.2 Å². The van der Waals surface area contributed by atoms with Crippen molar-refractivity contribution in [2.45, 2.75) is 25.0 Å². The molecule has 2 aliphatic rings. The van der Waals surface area contributed by atoms with E-state index in [2.05, 4.69) is 29.6 Å². The second-order valence-corrected chi connectivity index (χ2v) is 4.76. The highest BCUT2D eigenvalue weighted by Crippen LogP contribution is 2.36. The van der Waals surface area contributed by atoms with E-state index in [-0.39, 0.29) is 0 Å². The number of hydrogen-bond donors (Lipinski definition) is 2. The SMILES string of the molecule is OC1(C2=CCCC=C2)CNCc2ccccc21. The maximum Gasteiger partial charge on any atom is 0.127 e. The molecule has 0 spiro atoms. The Morgan fingerprint density at radius 2 is 2.06 bits per heavy atom. The van der Waals surface area contributed by atoms with E-state index < -0.39 is 5.60 Å². The summed E-state index contributed by atoms with van der Waals surface area (Å²) in [7, 11) is 0. The molecule has 3 rings (SSSR count). The summed E-state index contributed by atoms with van der Waals surface area (Å²) in [5, 5.41) is 14.3. The number of β-amino-alcohol motifs (C(OH)–C–C–N with tert-alkyl or cyclic N) is 1. The highest BCUT2D eigenvalue weighted by Gasteiger charge is 2.36. The number of aliphatic hydroxyl groups is 1. The summed E-state index contributed by atoms with van der Waals surface area (Å²) in [6.07, 6.45) is 8.46. The van der Waals surface area contributed by atoms with Crippen LogP contribution in [0.1, 0.15) is 24.0 Å². The van der Waals surface area contributed by atoms with Gasteiger partial charge in [0, 0.05) is 13.1 Å². The molecule has 1 heterocycles. The van der Waals surface area contributed by atoms with Gasteiger partial charge in [0.2, 0.25) is 0 Å². The molecule has 2 heteroatoms. The third-order valence-corrected chi connectivity index (χ3v) is 3.63. The van der Waals surface area contributed by atoms with Crippen LogP contribution in [0.2, 0.25) is 0 Å². The van der Waals surface area contributed by atoms with Gasteiger partial charge >= 0.3 is 0 Å². The molecule has 0 fully saturated rings. The first-order valence-electron chi connectivity index (χ1n) is 6.19. The van der Waals surface area contributed by atoms with Gasteiger partial charge in [0.1, 0.15) is 5.60 Å². The molecule has 0 amide bonds. The minimum atomic E-state index is -0.855. The van der Waals surface area contributed by atoms with Gasteiger partial charge in [-0.15, -0.1) is 0 Å². The van der Waals surface area contributed by atoms with Crippen LogP contribution in [0.3, 0.4) is 0 Å². The third-order valence-electron chi connectivity index (χ3n) is 3.63. The number of nitrogens with one attached hydrogen (secondary N) is 1. The molecule has 0 bridgehead atoms. The smallest absolute Gasteiger partial charge is 0.127 e. The van der Waals surface area contributed by atoms with Crippen molar-refractivity contribution < 1.29 is 5.11 Å². The first kappa shape index (κ1) is 10.8. The molecule has 0 radical (unpaired) electrons. The summed E-state index contributed by atoms with van der Waals surface area (Å²) in [5.41, 5.74) is 2.42. The zero-order valence-corrected chi connectivity index (χ0v) is 9.82. The Balaban J connectivity index is 2.09. The average Bonchev–Trinajstić information content (AvgIpc) is 2.40. The van der Waals surface area contributed by atoms with Gasteiger partial charge in [-0.3, -0.25) is 0 Å². The van der Waals surface area contributed by atoms with Crippen molar-refractivity contribution in [3.63, 3.8) is 0 Å². The Morgan fingerprint density at radius 1 is 1.18 bits per heavy atom. The Kier molecular flexibility index (Phi) is 2.61. The number of hydrogen-bond acceptors (Lipinski definition) is 2. The van der Waals surface area contributed by atoms with Crippen molar-refractivity contribution in [2.75, 3.05) is 6.54 Å². The van der Waals surface area contributed by atoms with Crippen LogP contribution in [-0.4, -0.2) is 11.7 Å². The second kappa shape index (κ2) is 4.13. The molecule has 1 aliphatic heterocycles. The van der Waals surface area contributed by atoms with Crippen LogP contribution in [0.15, 0.2) is 48.1 Å². The van der Waals surface area contributed by atoms with E-state index in [4.69, 9.17) is 0 Å². The fraction of sp³-hybridized carbons (Fsp3) is 0.333. The molecule has 0 saturated carbocycles. The highest BCUT2D eigenvalue weighted by atomic mass is 16.3. The molecule has 0 saturated heterocycles. The van der Waals surface area contributed by atoms with Gasteiger partial charge in [0.25, 0.3) is 0 Å². The van der Waals surface area contributed by atoms with Crippen LogP contribution < -0.4 is 5.32 Å². The standard InChI is InChI=1S/C15H17NO/c17-15(13-7-2-1-3-8-13)11-16-10-12-6-4-5-9-14(12)15/h2,4-9,16-17H,1,3,10-11H2. The fourth-order valence-electron chi connectivity index (χ4n) is 2.73. The highest BCUT2D eigenvalue weighted by molar-refractivity contribution is 5.45. The molecule has 0 aromatic heterocycles. The predicted octanol–water partition coefficient (Wildman–Crippen LogP) is 2.25. The van der Waals surface area contributed by atoms with E-state index in [0.717, 1.165) is 30.5 Å². The first-order valence-corrected chi connectivity index (χ1v) is 6.19. The van der Waals surface area contributed by atoms with Gasteiger partial charge in [0.05, 0.1) is 0 Å². The summed E-state index contributed by atoms with van der Waals surface area (Å²) in [5.74, 6) is 0. The van der Waals surface area contributed by atoms with Crippen molar-refractivity contribution in [3.05, 3.63) is 59.2 Å². The molecule has 1 unspecified atom stereocenters. The summed E-state index contributed by atoms with van der Waals surface area (Å²) in [6.45, 7) is 1.44. The van der Waals surface area contributed by atoms with E-state index in [1.165, 1.54) is 5.56 Å². The second-order valence-electron chi connectivity index (χ2n) is 4.76. The van der Waals surface area contributed by atoms with Crippen molar-refractivity contribution in [1.29, 1.82) is 0 Å². The van der Waals surface area contributed by atoms with Crippen LogP contribution >= 0.6 is 0 Å². The lowest BCUT2D eigenvalue weighted by Crippen LogP contribution is -2.44. The number of rotatable bonds is 1. The molecule has 1 atom stereocenters. The number of allylic oxidation sites excluding steroid dienone is 2. The summed E-state index contributed by atoms with van der Waals surface area (Å²) >= 11 is 0. The van der Waals surface area contributed by atoms with Gasteiger partial charge in [-0.25, -0.2) is 0 Å². The lowest BCUT2D eigenvalue weighted by molar-refractivity contribution is 0.0701. The van der Waals surface area contributed by atoms with Crippen LogP contribution in [0.5, 0.6) is 0 Å². The summed E-state index contributed by atoms with van der Waals surface area (Å²) < 4.78 is 0. The maximum atomic E-state index is 11.0. The quantitative estimate of drug-likeness (QED) is 0.771. The van der Waals surface area contributed by atoms with Crippen molar-refractivity contribution >= 4 is 0 Å². The molecular formula is C15H17NO. The van der Waals surface area contributed by atoms with Gasteiger partial charge in [-0.1, -0.05) is 42.5 Å². The summed E-state index contributed by atoms with van der Waals surface area (Å²) in [4.78, 5) is 0. The molecular weight excluding hydrogens is 210 g/mol.